The summed E-state index contributed by atoms with van der Waals surface area (Å²) in [5.41, 5.74) is 1.06. The van der Waals surface area contributed by atoms with Gasteiger partial charge in [0, 0.05) is 29.2 Å². The number of H-pyrrole nitrogens is 1. The van der Waals surface area contributed by atoms with Crippen LogP contribution >= 0.6 is 11.6 Å². The van der Waals surface area contributed by atoms with Crippen LogP contribution in [0.5, 0.6) is 0 Å². The average molecular weight is 359 g/mol. The van der Waals surface area contributed by atoms with E-state index < -0.39 is 11.5 Å². The molecule has 0 saturated heterocycles. The van der Waals surface area contributed by atoms with Gasteiger partial charge >= 0.3 is 0 Å². The van der Waals surface area contributed by atoms with E-state index in [0.29, 0.717) is 29.1 Å². The number of benzene rings is 1. The molecule has 5 nitrogen and oxygen atoms in total. The van der Waals surface area contributed by atoms with Crippen molar-refractivity contribution in [2.75, 3.05) is 0 Å². The van der Waals surface area contributed by atoms with Crippen molar-refractivity contribution in [3.05, 3.63) is 68.1 Å². The number of hydrogen-bond acceptors (Lipinski definition) is 3. The fourth-order valence-electron chi connectivity index (χ4n) is 3.11. The normalized spacial score (nSPS) is 15.6. The molecule has 1 aliphatic carbocycles. The van der Waals surface area contributed by atoms with Gasteiger partial charge < -0.3 is 10.3 Å². The number of pyridine rings is 1. The number of carbonyl (C=O) groups is 2. The fraction of sp³-hybridized carbons (Fsp3) is 0.316. The molecule has 0 saturated carbocycles. The molecule has 0 radical (unpaired) electrons. The third-order valence-electron chi connectivity index (χ3n) is 4.36. The minimum absolute atomic E-state index is 0.0531. The Bertz CT molecular complexity index is 915. The number of fused-ring (bicyclic) bond motifs is 1. The first-order chi connectivity index (χ1) is 11.8. The predicted molar refractivity (Wildman–Crippen MR) is 96.1 cm³/mol. The zero-order valence-corrected chi connectivity index (χ0v) is 14.9. The summed E-state index contributed by atoms with van der Waals surface area (Å²) >= 11 is 6.06. The number of rotatable bonds is 3. The number of aromatic nitrogens is 1. The third kappa shape index (κ3) is 3.66. The van der Waals surface area contributed by atoms with E-state index in [1.165, 1.54) is 6.07 Å². The van der Waals surface area contributed by atoms with E-state index in [1.54, 1.807) is 18.2 Å². The quantitative estimate of drug-likeness (QED) is 0.884. The smallest absolute Gasteiger partial charge is 0.261 e. The highest BCUT2D eigenvalue weighted by Crippen LogP contribution is 2.33. The van der Waals surface area contributed by atoms with Crippen molar-refractivity contribution >= 4 is 23.3 Å². The van der Waals surface area contributed by atoms with E-state index in [0.717, 1.165) is 5.56 Å². The first-order valence-corrected chi connectivity index (χ1v) is 8.46. The lowest BCUT2D eigenvalue weighted by Gasteiger charge is -2.29. The minimum atomic E-state index is -0.526. The molecule has 0 bridgehead atoms. The van der Waals surface area contributed by atoms with Crippen molar-refractivity contribution < 1.29 is 9.59 Å². The minimum Gasteiger partial charge on any atom is -0.348 e. The van der Waals surface area contributed by atoms with Crippen molar-refractivity contribution in [3.63, 3.8) is 0 Å². The van der Waals surface area contributed by atoms with E-state index in [9.17, 15) is 14.4 Å². The van der Waals surface area contributed by atoms with E-state index in [-0.39, 0.29) is 23.3 Å². The molecular formula is C19H19ClN2O3. The number of aromatic amines is 1. The fourth-order valence-corrected chi connectivity index (χ4v) is 3.31. The second-order valence-electron chi connectivity index (χ2n) is 7.12. The summed E-state index contributed by atoms with van der Waals surface area (Å²) in [5, 5.41) is 3.22. The number of Topliss-reactive ketones (excluding diaryl/α,β-unsaturated/α-hetero) is 1. The molecule has 0 aliphatic heterocycles. The van der Waals surface area contributed by atoms with Gasteiger partial charge in [0.25, 0.3) is 11.5 Å². The maximum atomic E-state index is 12.4. The molecule has 1 amide bonds. The number of ketones is 1. The van der Waals surface area contributed by atoms with E-state index in [4.69, 9.17) is 11.6 Å². The van der Waals surface area contributed by atoms with Crippen molar-refractivity contribution in [1.29, 1.82) is 0 Å². The molecule has 1 heterocycles. The maximum absolute atomic E-state index is 12.4. The Hall–Kier alpha value is -2.40. The zero-order valence-electron chi connectivity index (χ0n) is 14.1. The van der Waals surface area contributed by atoms with Gasteiger partial charge in [0.15, 0.2) is 5.78 Å². The monoisotopic (exact) mass is 358 g/mol. The molecule has 3 rings (SSSR count). The number of carbonyl (C=O) groups excluding carboxylic acids is 2. The molecule has 25 heavy (non-hydrogen) atoms. The van der Waals surface area contributed by atoms with Gasteiger partial charge in [-0.3, -0.25) is 14.4 Å². The Labute approximate surface area is 150 Å². The van der Waals surface area contributed by atoms with Crippen LogP contribution in [0.25, 0.3) is 0 Å². The Kier molecular flexibility index (Phi) is 4.52. The highest BCUT2D eigenvalue weighted by Gasteiger charge is 2.32. The second-order valence-corrected chi connectivity index (χ2v) is 7.53. The van der Waals surface area contributed by atoms with Gasteiger partial charge in [-0.1, -0.05) is 43.6 Å². The first-order valence-electron chi connectivity index (χ1n) is 8.08. The van der Waals surface area contributed by atoms with E-state index >= 15 is 0 Å². The van der Waals surface area contributed by atoms with Gasteiger partial charge in [0.2, 0.25) is 0 Å². The molecule has 1 aromatic heterocycles. The van der Waals surface area contributed by atoms with Gasteiger partial charge in [-0.15, -0.1) is 0 Å². The highest BCUT2D eigenvalue weighted by molar-refractivity contribution is 6.31. The van der Waals surface area contributed by atoms with Crippen molar-refractivity contribution in [2.45, 2.75) is 33.2 Å². The Morgan fingerprint density at radius 1 is 1.24 bits per heavy atom. The molecule has 1 aromatic carbocycles. The van der Waals surface area contributed by atoms with Crippen LogP contribution in [0.1, 0.15) is 52.2 Å². The average Bonchev–Trinajstić information content (AvgIpc) is 2.52. The number of nitrogens with one attached hydrogen (secondary N) is 2. The summed E-state index contributed by atoms with van der Waals surface area (Å²) in [6, 6.07) is 8.56. The summed E-state index contributed by atoms with van der Waals surface area (Å²) in [6.07, 6.45) is 0.998. The van der Waals surface area contributed by atoms with Crippen LogP contribution in [0.4, 0.5) is 0 Å². The van der Waals surface area contributed by atoms with E-state index in [2.05, 4.69) is 10.3 Å². The van der Waals surface area contributed by atoms with Crippen LogP contribution in [0.15, 0.2) is 35.1 Å². The lowest BCUT2D eigenvalue weighted by atomic mass is 9.75. The highest BCUT2D eigenvalue weighted by atomic mass is 35.5. The summed E-state index contributed by atoms with van der Waals surface area (Å²) in [7, 11) is 0. The molecule has 1 aliphatic rings. The van der Waals surface area contributed by atoms with Crippen LogP contribution in [0.2, 0.25) is 5.02 Å². The van der Waals surface area contributed by atoms with Gasteiger partial charge in [-0.25, -0.2) is 0 Å². The number of halogens is 1. The van der Waals surface area contributed by atoms with Crippen molar-refractivity contribution in [3.8, 4) is 0 Å². The standard InChI is InChI=1S/C19H19ClN2O3/c1-19(2)8-15-12(16(23)9-19)7-13(18(25)22-15)17(24)21-10-11-5-3-4-6-14(11)20/h3-7H,8-10H2,1-2H3,(H,21,24)(H,22,25). The molecule has 130 valence electrons. The maximum Gasteiger partial charge on any atom is 0.261 e. The molecule has 6 heteroatoms. The molecule has 0 atom stereocenters. The lowest BCUT2D eigenvalue weighted by molar-refractivity contribution is 0.0910. The Morgan fingerprint density at radius 3 is 2.68 bits per heavy atom. The largest absolute Gasteiger partial charge is 0.348 e. The second kappa shape index (κ2) is 6.48. The lowest BCUT2D eigenvalue weighted by Crippen LogP contribution is -2.34. The van der Waals surface area contributed by atoms with Gasteiger partial charge in [0.1, 0.15) is 5.56 Å². The van der Waals surface area contributed by atoms with Crippen molar-refractivity contribution in [2.24, 2.45) is 5.41 Å². The van der Waals surface area contributed by atoms with Crippen LogP contribution in [-0.2, 0) is 13.0 Å². The molecule has 2 N–H and O–H groups in total. The number of amides is 1. The SMILES string of the molecule is CC1(C)CC(=O)c2cc(C(=O)NCc3ccccc3Cl)c(=O)[nH]c2C1. The molecular weight excluding hydrogens is 340 g/mol. The van der Waals surface area contributed by atoms with E-state index in [1.807, 2.05) is 19.9 Å². The van der Waals surface area contributed by atoms with Crippen LogP contribution in [0.3, 0.4) is 0 Å². The third-order valence-corrected chi connectivity index (χ3v) is 4.73. The molecule has 0 fully saturated rings. The summed E-state index contributed by atoms with van der Waals surface area (Å²) in [5.74, 6) is -0.579. The topological polar surface area (TPSA) is 79.0 Å². The van der Waals surface area contributed by atoms with Crippen LogP contribution in [0, 0.1) is 5.41 Å². The zero-order chi connectivity index (χ0) is 18.2. The molecule has 0 spiro atoms. The van der Waals surface area contributed by atoms with Crippen molar-refractivity contribution in [1.82, 2.24) is 10.3 Å². The predicted octanol–water partition coefficient (Wildman–Crippen LogP) is 3.11. The van der Waals surface area contributed by atoms with Gasteiger partial charge in [-0.2, -0.15) is 0 Å². The first kappa shape index (κ1) is 17.4. The molecule has 2 aromatic rings. The Morgan fingerprint density at radius 2 is 1.96 bits per heavy atom. The summed E-state index contributed by atoms with van der Waals surface area (Å²) in [4.78, 5) is 39.7. The van der Waals surface area contributed by atoms with Crippen LogP contribution in [-0.4, -0.2) is 16.7 Å². The summed E-state index contributed by atoms with van der Waals surface area (Å²) < 4.78 is 0. The van der Waals surface area contributed by atoms with Gasteiger partial charge in [0.05, 0.1) is 0 Å². The Balaban J connectivity index is 1.85. The summed E-state index contributed by atoms with van der Waals surface area (Å²) in [6.45, 7) is 4.17. The van der Waals surface area contributed by atoms with Crippen LogP contribution < -0.4 is 10.9 Å². The number of hydrogen-bond donors (Lipinski definition) is 2. The van der Waals surface area contributed by atoms with Gasteiger partial charge in [-0.05, 0) is 29.5 Å². The molecule has 0 unspecified atom stereocenters.